The van der Waals surface area contributed by atoms with E-state index in [4.69, 9.17) is 4.74 Å². The lowest BCUT2D eigenvalue weighted by molar-refractivity contribution is 0.0950. The highest BCUT2D eigenvalue weighted by atomic mass is 16.5. The Morgan fingerprint density at radius 3 is 3.20 bits per heavy atom. The summed E-state index contributed by atoms with van der Waals surface area (Å²) in [6.45, 7) is 4.36. The molecule has 3 rings (SSSR count). The third kappa shape index (κ3) is 3.19. The number of carbonyl (C=O) groups excluding carboxylic acids is 1. The third-order valence-corrected chi connectivity index (χ3v) is 4.22. The molecule has 1 aromatic carbocycles. The second-order valence-corrected chi connectivity index (χ2v) is 5.68. The highest BCUT2D eigenvalue weighted by Gasteiger charge is 2.16. The van der Waals surface area contributed by atoms with Gasteiger partial charge in [-0.25, -0.2) is 0 Å². The largest absolute Gasteiger partial charge is 0.381 e. The second kappa shape index (κ2) is 6.37. The molecule has 2 aliphatic rings. The lowest BCUT2D eigenvalue weighted by atomic mass is 9.98. The van der Waals surface area contributed by atoms with Crippen molar-refractivity contribution >= 4 is 5.91 Å². The predicted octanol–water partition coefficient (Wildman–Crippen LogP) is 1.49. The molecule has 2 N–H and O–H groups in total. The number of amides is 1. The van der Waals surface area contributed by atoms with Crippen LogP contribution in [0.3, 0.4) is 0 Å². The number of hydrogen-bond donors (Lipinski definition) is 2. The summed E-state index contributed by atoms with van der Waals surface area (Å²) in [4.78, 5) is 12.1. The summed E-state index contributed by atoms with van der Waals surface area (Å²) in [7, 11) is 0. The molecule has 1 aromatic rings. The molecule has 20 heavy (non-hydrogen) atoms. The van der Waals surface area contributed by atoms with Gasteiger partial charge in [0.05, 0.1) is 0 Å². The zero-order valence-electron chi connectivity index (χ0n) is 11.8. The van der Waals surface area contributed by atoms with Gasteiger partial charge in [0, 0.05) is 31.9 Å². The van der Waals surface area contributed by atoms with E-state index < -0.39 is 0 Å². The van der Waals surface area contributed by atoms with E-state index in [-0.39, 0.29) is 5.91 Å². The average Bonchev–Trinajstić information content (AvgIpc) is 3.00. The number of rotatable bonds is 4. The number of nitrogens with one attached hydrogen (secondary N) is 2. The van der Waals surface area contributed by atoms with Crippen molar-refractivity contribution in [2.45, 2.75) is 25.8 Å². The summed E-state index contributed by atoms with van der Waals surface area (Å²) in [6.07, 6.45) is 3.19. The van der Waals surface area contributed by atoms with Crippen LogP contribution in [-0.4, -0.2) is 32.2 Å². The molecule has 4 nitrogen and oxygen atoms in total. The summed E-state index contributed by atoms with van der Waals surface area (Å²) < 4.78 is 5.34. The Balaban J connectivity index is 1.53. The fraction of sp³-hybridized carbons (Fsp3) is 0.562. The number of fused-ring (bicyclic) bond motifs is 1. The van der Waals surface area contributed by atoms with E-state index in [1.165, 1.54) is 11.1 Å². The van der Waals surface area contributed by atoms with E-state index >= 15 is 0 Å². The smallest absolute Gasteiger partial charge is 0.251 e. The number of ether oxygens (including phenoxy) is 1. The molecule has 1 amide bonds. The van der Waals surface area contributed by atoms with Crippen molar-refractivity contribution in [3.8, 4) is 0 Å². The Kier molecular flexibility index (Phi) is 4.33. The number of hydrogen-bond acceptors (Lipinski definition) is 3. The SMILES string of the molecule is O=C(NCCC1CCOC1)c1ccc2c(c1)CNCC2. The quantitative estimate of drug-likeness (QED) is 0.874. The van der Waals surface area contributed by atoms with Gasteiger partial charge in [0.15, 0.2) is 0 Å². The molecular formula is C16H22N2O2. The standard InChI is InChI=1S/C16H22N2O2/c19-16(18-7-3-12-5-8-20-11-12)14-2-1-13-4-6-17-10-15(13)9-14/h1-2,9,12,17H,3-8,10-11H2,(H,18,19). The maximum Gasteiger partial charge on any atom is 0.251 e. The van der Waals surface area contributed by atoms with Crippen LogP contribution in [0.1, 0.15) is 34.3 Å². The van der Waals surface area contributed by atoms with Crippen LogP contribution in [0.4, 0.5) is 0 Å². The highest BCUT2D eigenvalue weighted by Crippen LogP contribution is 2.17. The fourth-order valence-corrected chi connectivity index (χ4v) is 2.92. The van der Waals surface area contributed by atoms with Crippen molar-refractivity contribution in [3.05, 3.63) is 34.9 Å². The summed E-state index contributed by atoms with van der Waals surface area (Å²) >= 11 is 0. The minimum atomic E-state index is 0.0392. The van der Waals surface area contributed by atoms with E-state index in [0.717, 1.165) is 57.7 Å². The van der Waals surface area contributed by atoms with E-state index in [9.17, 15) is 4.79 Å². The molecule has 2 aliphatic heterocycles. The van der Waals surface area contributed by atoms with Gasteiger partial charge in [0.25, 0.3) is 5.91 Å². The molecule has 1 fully saturated rings. The molecule has 1 saturated heterocycles. The van der Waals surface area contributed by atoms with Crippen molar-refractivity contribution in [2.75, 3.05) is 26.3 Å². The van der Waals surface area contributed by atoms with Crippen LogP contribution in [0.2, 0.25) is 0 Å². The van der Waals surface area contributed by atoms with Gasteiger partial charge in [-0.15, -0.1) is 0 Å². The molecule has 0 bridgehead atoms. The Morgan fingerprint density at radius 2 is 2.35 bits per heavy atom. The topological polar surface area (TPSA) is 50.4 Å². The number of benzene rings is 1. The molecule has 1 unspecified atom stereocenters. The second-order valence-electron chi connectivity index (χ2n) is 5.68. The van der Waals surface area contributed by atoms with Crippen molar-refractivity contribution in [2.24, 2.45) is 5.92 Å². The van der Waals surface area contributed by atoms with Crippen LogP contribution < -0.4 is 10.6 Å². The van der Waals surface area contributed by atoms with Gasteiger partial charge >= 0.3 is 0 Å². The highest BCUT2D eigenvalue weighted by molar-refractivity contribution is 5.94. The lowest BCUT2D eigenvalue weighted by Crippen LogP contribution is -2.27. The van der Waals surface area contributed by atoms with Crippen LogP contribution >= 0.6 is 0 Å². The van der Waals surface area contributed by atoms with Crippen LogP contribution in [0.5, 0.6) is 0 Å². The molecule has 0 saturated carbocycles. The summed E-state index contributed by atoms with van der Waals surface area (Å²) in [6, 6.07) is 6.06. The average molecular weight is 274 g/mol. The van der Waals surface area contributed by atoms with Gasteiger partial charge < -0.3 is 15.4 Å². The van der Waals surface area contributed by atoms with Gasteiger partial charge in [-0.05, 0) is 55.0 Å². The molecule has 0 radical (unpaired) electrons. The van der Waals surface area contributed by atoms with E-state index in [0.29, 0.717) is 5.92 Å². The van der Waals surface area contributed by atoms with E-state index in [1.807, 2.05) is 12.1 Å². The Morgan fingerprint density at radius 1 is 1.40 bits per heavy atom. The summed E-state index contributed by atoms with van der Waals surface area (Å²) in [5, 5.41) is 6.36. The maximum absolute atomic E-state index is 12.1. The zero-order valence-corrected chi connectivity index (χ0v) is 11.8. The summed E-state index contributed by atoms with van der Waals surface area (Å²) in [5.74, 6) is 0.653. The lowest BCUT2D eigenvalue weighted by Gasteiger charge is -2.17. The van der Waals surface area contributed by atoms with Gasteiger partial charge in [0.2, 0.25) is 0 Å². The van der Waals surface area contributed by atoms with E-state index in [2.05, 4.69) is 16.7 Å². The molecule has 108 valence electrons. The van der Waals surface area contributed by atoms with Crippen molar-refractivity contribution < 1.29 is 9.53 Å². The minimum Gasteiger partial charge on any atom is -0.381 e. The maximum atomic E-state index is 12.1. The number of carbonyl (C=O) groups is 1. The first-order valence-corrected chi connectivity index (χ1v) is 7.51. The van der Waals surface area contributed by atoms with Crippen LogP contribution in [0.25, 0.3) is 0 Å². The normalized spacial score (nSPS) is 21.5. The first kappa shape index (κ1) is 13.6. The van der Waals surface area contributed by atoms with Gasteiger partial charge in [-0.1, -0.05) is 6.07 Å². The van der Waals surface area contributed by atoms with Gasteiger partial charge in [-0.3, -0.25) is 4.79 Å². The van der Waals surface area contributed by atoms with Crippen molar-refractivity contribution in [1.29, 1.82) is 0 Å². The molecule has 0 aromatic heterocycles. The Bertz CT molecular complexity index is 481. The molecule has 0 spiro atoms. The molecule has 0 aliphatic carbocycles. The predicted molar refractivity (Wildman–Crippen MR) is 77.7 cm³/mol. The van der Waals surface area contributed by atoms with Crippen molar-refractivity contribution in [1.82, 2.24) is 10.6 Å². The van der Waals surface area contributed by atoms with Gasteiger partial charge in [0.1, 0.15) is 0 Å². The summed E-state index contributed by atoms with van der Waals surface area (Å²) in [5.41, 5.74) is 3.40. The monoisotopic (exact) mass is 274 g/mol. The van der Waals surface area contributed by atoms with Crippen LogP contribution in [0, 0.1) is 5.92 Å². The Labute approximate surface area is 119 Å². The Hall–Kier alpha value is -1.39. The fourth-order valence-electron chi connectivity index (χ4n) is 2.92. The van der Waals surface area contributed by atoms with Crippen molar-refractivity contribution in [3.63, 3.8) is 0 Å². The first-order chi connectivity index (χ1) is 9.83. The zero-order chi connectivity index (χ0) is 13.8. The molecule has 2 heterocycles. The molecule has 1 atom stereocenters. The van der Waals surface area contributed by atoms with Crippen LogP contribution in [0.15, 0.2) is 18.2 Å². The van der Waals surface area contributed by atoms with Crippen LogP contribution in [-0.2, 0) is 17.7 Å². The minimum absolute atomic E-state index is 0.0392. The third-order valence-electron chi connectivity index (χ3n) is 4.22. The molecular weight excluding hydrogens is 252 g/mol. The van der Waals surface area contributed by atoms with Gasteiger partial charge in [-0.2, -0.15) is 0 Å². The van der Waals surface area contributed by atoms with E-state index in [1.54, 1.807) is 0 Å². The molecule has 4 heteroatoms. The first-order valence-electron chi connectivity index (χ1n) is 7.51.